The highest BCUT2D eigenvalue weighted by Gasteiger charge is 2.27. The molecular weight excluding hydrogens is 280 g/mol. The van der Waals surface area contributed by atoms with Gasteiger partial charge in [0.05, 0.1) is 6.26 Å². The molecule has 0 aromatic carbocycles. The van der Waals surface area contributed by atoms with Crippen molar-refractivity contribution >= 4 is 21.8 Å². The third-order valence-electron chi connectivity index (χ3n) is 3.64. The first-order valence-electron chi connectivity index (χ1n) is 7.17. The van der Waals surface area contributed by atoms with Crippen molar-refractivity contribution in [3.63, 3.8) is 0 Å². The number of rotatable bonds is 8. The zero-order chi connectivity index (χ0) is 14.3. The fourth-order valence-electron chi connectivity index (χ4n) is 2.56. The lowest BCUT2D eigenvalue weighted by molar-refractivity contribution is 0.244. The second-order valence-electron chi connectivity index (χ2n) is 5.43. The molecule has 0 aromatic heterocycles. The Morgan fingerprint density at radius 3 is 2.79 bits per heavy atom. The van der Waals surface area contributed by atoms with Gasteiger partial charge in [0.1, 0.15) is 0 Å². The molecule has 2 atom stereocenters. The van der Waals surface area contributed by atoms with Crippen LogP contribution in [0.2, 0.25) is 0 Å². The Kier molecular flexibility index (Phi) is 7.72. The van der Waals surface area contributed by atoms with E-state index >= 15 is 0 Å². The van der Waals surface area contributed by atoms with E-state index in [4.69, 9.17) is 0 Å². The van der Waals surface area contributed by atoms with Gasteiger partial charge in [-0.1, -0.05) is 6.92 Å². The summed E-state index contributed by atoms with van der Waals surface area (Å²) in [7, 11) is -1.01. The predicted octanol–water partition coefficient (Wildman–Crippen LogP) is 1.78. The van der Waals surface area contributed by atoms with Gasteiger partial charge in [0.15, 0.2) is 0 Å². The van der Waals surface area contributed by atoms with Crippen LogP contribution in [0.15, 0.2) is 0 Å². The second-order valence-corrected chi connectivity index (χ2v) is 8.56. The predicted molar refractivity (Wildman–Crippen MR) is 84.2 cm³/mol. The van der Waals surface area contributed by atoms with E-state index in [2.05, 4.69) is 12.2 Å². The van der Waals surface area contributed by atoms with Crippen LogP contribution in [-0.4, -0.2) is 56.7 Å². The molecule has 4 nitrogen and oxygen atoms in total. The van der Waals surface area contributed by atoms with E-state index in [-0.39, 0.29) is 0 Å². The van der Waals surface area contributed by atoms with Crippen LogP contribution in [0, 0.1) is 5.92 Å². The van der Waals surface area contributed by atoms with Crippen molar-refractivity contribution in [2.24, 2.45) is 5.92 Å². The maximum Gasteiger partial charge on any atom is 0.211 e. The Bertz CT molecular complexity index is 347. The lowest BCUT2D eigenvalue weighted by Gasteiger charge is -2.32. The first kappa shape index (κ1) is 17.3. The molecule has 0 aromatic rings. The van der Waals surface area contributed by atoms with Gasteiger partial charge in [-0.2, -0.15) is 11.8 Å². The van der Waals surface area contributed by atoms with Gasteiger partial charge in [0, 0.05) is 24.9 Å². The molecule has 1 saturated heterocycles. The zero-order valence-corrected chi connectivity index (χ0v) is 14.0. The smallest absolute Gasteiger partial charge is 0.211 e. The Balaban J connectivity index is 2.41. The van der Waals surface area contributed by atoms with Crippen LogP contribution in [0.3, 0.4) is 0 Å². The van der Waals surface area contributed by atoms with Gasteiger partial charge in [0.25, 0.3) is 0 Å². The Morgan fingerprint density at radius 1 is 1.47 bits per heavy atom. The molecule has 1 rings (SSSR count). The van der Waals surface area contributed by atoms with E-state index in [9.17, 15) is 8.42 Å². The fraction of sp³-hybridized carbons (Fsp3) is 1.00. The minimum absolute atomic E-state index is 0.501. The van der Waals surface area contributed by atoms with Gasteiger partial charge in [-0.05, 0) is 44.4 Å². The molecule has 0 spiro atoms. The molecule has 0 amide bonds. The highest BCUT2D eigenvalue weighted by Crippen LogP contribution is 2.23. The highest BCUT2D eigenvalue weighted by atomic mass is 32.2. The first-order valence-corrected chi connectivity index (χ1v) is 10.2. The molecule has 0 saturated carbocycles. The van der Waals surface area contributed by atoms with E-state index in [0.717, 1.165) is 25.0 Å². The van der Waals surface area contributed by atoms with Crippen LogP contribution < -0.4 is 5.32 Å². The Hall–Kier alpha value is 0.220. The van der Waals surface area contributed by atoms with Gasteiger partial charge in [-0.15, -0.1) is 0 Å². The quantitative estimate of drug-likeness (QED) is 0.695. The van der Waals surface area contributed by atoms with Crippen LogP contribution in [0.4, 0.5) is 0 Å². The van der Waals surface area contributed by atoms with Gasteiger partial charge in [-0.25, -0.2) is 12.7 Å². The standard InChI is InChI=1S/C13H28N2O2S2/c1-4-8-18-11-13(14-2)9-12-6-5-7-15(10-12)19(3,16)17/h12-14H,4-11H2,1-3H3. The number of hydrogen-bond acceptors (Lipinski definition) is 4. The van der Waals surface area contributed by atoms with Crippen LogP contribution in [0.25, 0.3) is 0 Å². The third-order valence-corrected chi connectivity index (χ3v) is 6.25. The molecule has 1 heterocycles. The summed E-state index contributed by atoms with van der Waals surface area (Å²) in [5, 5.41) is 3.37. The first-order chi connectivity index (χ1) is 8.97. The van der Waals surface area contributed by atoms with E-state index in [0.29, 0.717) is 25.0 Å². The molecule has 0 radical (unpaired) electrons. The average molecular weight is 309 g/mol. The molecule has 0 aliphatic carbocycles. The molecule has 19 heavy (non-hydrogen) atoms. The lowest BCUT2D eigenvalue weighted by Crippen LogP contribution is -2.41. The van der Waals surface area contributed by atoms with Gasteiger partial charge in [0.2, 0.25) is 10.0 Å². The third kappa shape index (κ3) is 6.47. The highest BCUT2D eigenvalue weighted by molar-refractivity contribution is 7.99. The minimum Gasteiger partial charge on any atom is -0.316 e. The number of hydrogen-bond donors (Lipinski definition) is 1. The summed E-state index contributed by atoms with van der Waals surface area (Å²) in [4.78, 5) is 0. The van der Waals surface area contributed by atoms with Gasteiger partial charge >= 0.3 is 0 Å². The largest absolute Gasteiger partial charge is 0.316 e. The fourth-order valence-corrected chi connectivity index (χ4v) is 4.55. The van der Waals surface area contributed by atoms with Crippen molar-refractivity contribution in [1.82, 2.24) is 9.62 Å². The molecule has 1 N–H and O–H groups in total. The number of thioether (sulfide) groups is 1. The SMILES string of the molecule is CCCSCC(CC1CCCN(S(C)(=O)=O)C1)NC. The van der Waals surface area contributed by atoms with Crippen molar-refractivity contribution in [1.29, 1.82) is 0 Å². The lowest BCUT2D eigenvalue weighted by atomic mass is 9.93. The van der Waals surface area contributed by atoms with E-state index in [1.54, 1.807) is 4.31 Å². The molecular formula is C13H28N2O2S2. The zero-order valence-electron chi connectivity index (χ0n) is 12.4. The van der Waals surface area contributed by atoms with E-state index in [1.807, 2.05) is 18.8 Å². The van der Waals surface area contributed by atoms with E-state index in [1.165, 1.54) is 18.4 Å². The molecule has 1 fully saturated rings. The summed E-state index contributed by atoms with van der Waals surface area (Å²) < 4.78 is 24.9. The van der Waals surface area contributed by atoms with Crippen molar-refractivity contribution in [3.05, 3.63) is 0 Å². The molecule has 114 valence electrons. The molecule has 0 bridgehead atoms. The summed E-state index contributed by atoms with van der Waals surface area (Å²) in [6.07, 6.45) is 5.77. The second kappa shape index (κ2) is 8.49. The summed E-state index contributed by atoms with van der Waals surface area (Å²) in [5.74, 6) is 2.83. The van der Waals surface area contributed by atoms with Gasteiger partial charge in [-0.3, -0.25) is 0 Å². The Labute approximate surface area is 122 Å². The molecule has 1 aliphatic heterocycles. The van der Waals surface area contributed by atoms with Crippen molar-refractivity contribution in [2.45, 2.75) is 38.6 Å². The minimum atomic E-state index is -3.01. The van der Waals surface area contributed by atoms with Crippen molar-refractivity contribution in [2.75, 3.05) is 37.9 Å². The molecule has 6 heteroatoms. The van der Waals surface area contributed by atoms with Crippen LogP contribution >= 0.6 is 11.8 Å². The number of nitrogens with one attached hydrogen (secondary N) is 1. The number of sulfonamides is 1. The van der Waals surface area contributed by atoms with Crippen molar-refractivity contribution in [3.8, 4) is 0 Å². The maximum atomic E-state index is 11.6. The van der Waals surface area contributed by atoms with Crippen molar-refractivity contribution < 1.29 is 8.42 Å². The van der Waals surface area contributed by atoms with Crippen LogP contribution in [0.1, 0.15) is 32.6 Å². The number of nitrogens with zero attached hydrogens (tertiary/aromatic N) is 1. The topological polar surface area (TPSA) is 49.4 Å². The normalized spacial score (nSPS) is 23.4. The summed E-state index contributed by atoms with van der Waals surface area (Å²) in [6, 6.07) is 0.501. The van der Waals surface area contributed by atoms with Crippen LogP contribution in [0.5, 0.6) is 0 Å². The summed E-state index contributed by atoms with van der Waals surface area (Å²) in [5.41, 5.74) is 0. The Morgan fingerprint density at radius 2 is 2.21 bits per heavy atom. The average Bonchev–Trinajstić information content (AvgIpc) is 2.37. The maximum absolute atomic E-state index is 11.6. The summed E-state index contributed by atoms with van der Waals surface area (Å²) >= 11 is 1.99. The monoisotopic (exact) mass is 308 g/mol. The van der Waals surface area contributed by atoms with Gasteiger partial charge < -0.3 is 5.32 Å². The molecule has 2 unspecified atom stereocenters. The summed E-state index contributed by atoms with van der Waals surface area (Å²) in [6.45, 7) is 3.60. The van der Waals surface area contributed by atoms with E-state index < -0.39 is 10.0 Å². The van der Waals surface area contributed by atoms with Crippen LogP contribution in [-0.2, 0) is 10.0 Å². The molecule has 1 aliphatic rings. The number of piperidine rings is 1.